The molecule has 0 radical (unpaired) electrons. The van der Waals surface area contributed by atoms with Gasteiger partial charge in [-0.2, -0.15) is 0 Å². The number of hydrogen-bond acceptors (Lipinski definition) is 7. The lowest BCUT2D eigenvalue weighted by atomic mass is 10.1. The van der Waals surface area contributed by atoms with Crippen molar-refractivity contribution in [3.05, 3.63) is 77.9 Å². The van der Waals surface area contributed by atoms with Crippen molar-refractivity contribution in [2.75, 3.05) is 25.0 Å². The average Bonchev–Trinajstić information content (AvgIpc) is 2.87. The van der Waals surface area contributed by atoms with Crippen molar-refractivity contribution in [3.63, 3.8) is 0 Å². The Labute approximate surface area is 202 Å². The number of benzene rings is 3. The van der Waals surface area contributed by atoms with Crippen LogP contribution >= 0.6 is 0 Å². The third kappa shape index (κ3) is 6.01. The van der Waals surface area contributed by atoms with E-state index in [0.29, 0.717) is 30.5 Å². The molecule has 0 aromatic heterocycles. The molecule has 0 saturated carbocycles. The highest BCUT2D eigenvalue weighted by molar-refractivity contribution is 7.92. The molecule has 0 unspecified atom stereocenters. The molecule has 2 amide bonds. The van der Waals surface area contributed by atoms with Gasteiger partial charge in [0.05, 0.1) is 18.4 Å². The van der Waals surface area contributed by atoms with E-state index in [4.69, 9.17) is 14.2 Å². The largest absolute Gasteiger partial charge is 0.497 e. The SMILES string of the molecule is COc1ccc(CC(=O)NNC(=O)c2cccc(NS(=O)(=O)c3ccc4c(c3)OCCO4)c2)cc1. The van der Waals surface area contributed by atoms with Crippen molar-refractivity contribution in [1.29, 1.82) is 0 Å². The maximum atomic E-state index is 12.8. The fourth-order valence-corrected chi connectivity index (χ4v) is 4.36. The molecule has 3 aromatic carbocycles. The monoisotopic (exact) mass is 497 g/mol. The number of carbonyl (C=O) groups excluding carboxylic acids is 2. The molecule has 35 heavy (non-hydrogen) atoms. The van der Waals surface area contributed by atoms with Crippen LogP contribution in [-0.2, 0) is 21.2 Å². The van der Waals surface area contributed by atoms with Crippen molar-refractivity contribution >= 4 is 27.5 Å². The van der Waals surface area contributed by atoms with Crippen LogP contribution in [0.4, 0.5) is 5.69 Å². The van der Waals surface area contributed by atoms with Crippen LogP contribution in [0, 0.1) is 0 Å². The van der Waals surface area contributed by atoms with Gasteiger partial charge in [0.15, 0.2) is 11.5 Å². The van der Waals surface area contributed by atoms with Crippen molar-refractivity contribution in [2.24, 2.45) is 0 Å². The topological polar surface area (TPSA) is 132 Å². The Morgan fingerprint density at radius 1 is 0.914 bits per heavy atom. The zero-order valence-electron chi connectivity index (χ0n) is 18.7. The van der Waals surface area contributed by atoms with Crippen molar-refractivity contribution < 1.29 is 32.2 Å². The number of fused-ring (bicyclic) bond motifs is 1. The Balaban J connectivity index is 1.37. The second-order valence-electron chi connectivity index (χ2n) is 7.52. The first-order chi connectivity index (χ1) is 16.8. The van der Waals surface area contributed by atoms with Gasteiger partial charge in [-0.25, -0.2) is 8.42 Å². The zero-order chi connectivity index (χ0) is 24.8. The van der Waals surface area contributed by atoms with Crippen LogP contribution in [0.25, 0.3) is 0 Å². The molecular formula is C24H23N3O7S. The van der Waals surface area contributed by atoms with Gasteiger partial charge in [0.1, 0.15) is 19.0 Å². The molecule has 0 atom stereocenters. The lowest BCUT2D eigenvalue weighted by Crippen LogP contribution is -2.42. The number of hydrazine groups is 1. The quantitative estimate of drug-likeness (QED) is 0.427. The molecule has 10 nitrogen and oxygen atoms in total. The van der Waals surface area contributed by atoms with Crippen LogP contribution in [-0.4, -0.2) is 40.6 Å². The highest BCUT2D eigenvalue weighted by atomic mass is 32.2. The average molecular weight is 498 g/mol. The molecule has 4 rings (SSSR count). The smallest absolute Gasteiger partial charge is 0.269 e. The predicted molar refractivity (Wildman–Crippen MR) is 127 cm³/mol. The summed E-state index contributed by atoms with van der Waals surface area (Å²) in [6.07, 6.45) is 0.0552. The lowest BCUT2D eigenvalue weighted by Gasteiger charge is -2.19. The molecule has 11 heteroatoms. The maximum absolute atomic E-state index is 12.8. The third-order valence-electron chi connectivity index (χ3n) is 5.04. The van der Waals surface area contributed by atoms with Gasteiger partial charge in [-0.1, -0.05) is 18.2 Å². The first-order valence-corrected chi connectivity index (χ1v) is 12.1. The Bertz CT molecular complexity index is 1340. The van der Waals surface area contributed by atoms with E-state index in [1.54, 1.807) is 31.4 Å². The number of amides is 2. The summed E-state index contributed by atoms with van der Waals surface area (Å²) in [7, 11) is -2.40. The van der Waals surface area contributed by atoms with Crippen molar-refractivity contribution in [2.45, 2.75) is 11.3 Å². The Hall–Kier alpha value is -4.25. The van der Waals surface area contributed by atoms with Gasteiger partial charge < -0.3 is 14.2 Å². The van der Waals surface area contributed by atoms with Crippen LogP contribution in [0.15, 0.2) is 71.6 Å². The molecule has 0 spiro atoms. The molecule has 0 saturated heterocycles. The summed E-state index contributed by atoms with van der Waals surface area (Å²) < 4.78 is 44.0. The lowest BCUT2D eigenvalue weighted by molar-refractivity contribution is -0.121. The van der Waals surface area contributed by atoms with Crippen molar-refractivity contribution in [1.82, 2.24) is 10.9 Å². The number of hydrogen-bond donors (Lipinski definition) is 3. The minimum Gasteiger partial charge on any atom is -0.497 e. The summed E-state index contributed by atoms with van der Waals surface area (Å²) in [6.45, 7) is 0.728. The molecule has 182 valence electrons. The van der Waals surface area contributed by atoms with Gasteiger partial charge in [-0.15, -0.1) is 0 Å². The van der Waals surface area contributed by atoms with Gasteiger partial charge in [0.2, 0.25) is 5.91 Å². The third-order valence-corrected chi connectivity index (χ3v) is 6.42. The Kier molecular flexibility index (Phi) is 7.06. The summed E-state index contributed by atoms with van der Waals surface area (Å²) >= 11 is 0. The number of sulfonamides is 1. The molecular weight excluding hydrogens is 474 g/mol. The summed E-state index contributed by atoms with van der Waals surface area (Å²) in [6, 6.07) is 17.2. The molecule has 1 heterocycles. The fourth-order valence-electron chi connectivity index (χ4n) is 3.30. The predicted octanol–water partition coefficient (Wildman–Crippen LogP) is 2.27. The molecule has 1 aliphatic rings. The molecule has 3 N–H and O–H groups in total. The molecule has 3 aromatic rings. The molecule has 1 aliphatic heterocycles. The van der Waals surface area contributed by atoms with Crippen LogP contribution in [0.3, 0.4) is 0 Å². The first kappa shape index (κ1) is 23.9. The van der Waals surface area contributed by atoms with Crippen molar-refractivity contribution in [3.8, 4) is 17.2 Å². The van der Waals surface area contributed by atoms with Gasteiger partial charge >= 0.3 is 0 Å². The van der Waals surface area contributed by atoms with E-state index in [9.17, 15) is 18.0 Å². The van der Waals surface area contributed by atoms with E-state index in [-0.39, 0.29) is 22.6 Å². The van der Waals surface area contributed by atoms with Crippen LogP contribution < -0.4 is 29.8 Å². The molecule has 0 fully saturated rings. The number of anilines is 1. The fraction of sp³-hybridized carbons (Fsp3) is 0.167. The highest BCUT2D eigenvalue weighted by Gasteiger charge is 2.20. The molecule has 0 aliphatic carbocycles. The first-order valence-electron chi connectivity index (χ1n) is 10.6. The van der Waals surface area contributed by atoms with Gasteiger partial charge in [-0.05, 0) is 48.0 Å². The second-order valence-corrected chi connectivity index (χ2v) is 9.20. The highest BCUT2D eigenvalue weighted by Crippen LogP contribution is 2.32. The minimum absolute atomic E-state index is 0.0117. The minimum atomic E-state index is -3.95. The summed E-state index contributed by atoms with van der Waals surface area (Å²) in [5, 5.41) is 0. The van der Waals surface area contributed by atoms with E-state index >= 15 is 0 Å². The standard InChI is InChI=1S/C24H23N3O7S/c1-32-19-7-5-16(6-8-19)13-23(28)25-26-24(29)17-3-2-4-18(14-17)27-35(30,31)20-9-10-21-22(15-20)34-12-11-33-21/h2-10,14-15,27H,11-13H2,1H3,(H,25,28)(H,26,29). The Morgan fingerprint density at radius 2 is 1.66 bits per heavy atom. The Morgan fingerprint density at radius 3 is 2.40 bits per heavy atom. The van der Waals surface area contributed by atoms with Gasteiger partial charge in [0.25, 0.3) is 15.9 Å². The van der Waals surface area contributed by atoms with E-state index in [1.165, 1.54) is 42.5 Å². The van der Waals surface area contributed by atoms with Crippen LogP contribution in [0.1, 0.15) is 15.9 Å². The van der Waals surface area contributed by atoms with E-state index in [0.717, 1.165) is 5.56 Å². The van der Waals surface area contributed by atoms with Crippen LogP contribution in [0.5, 0.6) is 17.2 Å². The normalized spacial score (nSPS) is 12.4. The molecule has 0 bridgehead atoms. The number of ether oxygens (including phenoxy) is 3. The van der Waals surface area contributed by atoms with Crippen LogP contribution in [0.2, 0.25) is 0 Å². The summed E-state index contributed by atoms with van der Waals surface area (Å²) in [5.41, 5.74) is 5.74. The van der Waals surface area contributed by atoms with E-state index in [2.05, 4.69) is 15.6 Å². The number of rotatable bonds is 7. The number of carbonyl (C=O) groups is 2. The maximum Gasteiger partial charge on any atom is 0.269 e. The van der Waals surface area contributed by atoms with E-state index < -0.39 is 21.8 Å². The zero-order valence-corrected chi connectivity index (χ0v) is 19.6. The summed E-state index contributed by atoms with van der Waals surface area (Å²) in [5.74, 6) is 0.472. The van der Waals surface area contributed by atoms with Gasteiger partial charge in [-0.3, -0.25) is 25.2 Å². The summed E-state index contributed by atoms with van der Waals surface area (Å²) in [4.78, 5) is 24.6. The number of methoxy groups -OCH3 is 1. The van der Waals surface area contributed by atoms with E-state index in [1.807, 2.05) is 0 Å². The second kappa shape index (κ2) is 10.3. The number of nitrogens with one attached hydrogen (secondary N) is 3. The van der Waals surface area contributed by atoms with Gasteiger partial charge in [0, 0.05) is 17.3 Å².